The molecule has 1 aromatic carbocycles. The summed E-state index contributed by atoms with van der Waals surface area (Å²) in [6.07, 6.45) is 1.83. The molecule has 1 spiro atoms. The topological polar surface area (TPSA) is 57.2 Å². The van der Waals surface area contributed by atoms with Crippen molar-refractivity contribution in [3.8, 4) is 11.5 Å². The van der Waals surface area contributed by atoms with Crippen LogP contribution in [0.5, 0.6) is 11.5 Å². The van der Waals surface area contributed by atoms with E-state index in [4.69, 9.17) is 18.9 Å². The molecule has 1 amide bonds. The molecule has 0 bridgehead atoms. The molecule has 124 valence electrons. The summed E-state index contributed by atoms with van der Waals surface area (Å²) >= 11 is 0. The highest BCUT2D eigenvalue weighted by molar-refractivity contribution is 5.98. The SMILES string of the molecule is CO[C@H]1CO[C@@]2(CCN(C(=O)c3cccc4c3OCCO4)C2)C1. The van der Waals surface area contributed by atoms with Crippen LogP contribution in [0.2, 0.25) is 0 Å². The van der Waals surface area contributed by atoms with Gasteiger partial charge in [-0.15, -0.1) is 0 Å². The number of ether oxygens (including phenoxy) is 4. The Labute approximate surface area is 135 Å². The standard InChI is InChI=1S/C17H21NO5/c1-20-12-9-17(23-10-12)5-6-18(11-17)16(19)13-3-2-4-14-15(13)22-8-7-21-14/h2-4,12H,5-11H2,1H3/t12-,17+/m1/s1. The summed E-state index contributed by atoms with van der Waals surface area (Å²) in [5.74, 6) is 1.19. The summed E-state index contributed by atoms with van der Waals surface area (Å²) in [4.78, 5) is 14.8. The van der Waals surface area contributed by atoms with Crippen LogP contribution in [-0.2, 0) is 9.47 Å². The lowest BCUT2D eigenvalue weighted by atomic mass is 9.98. The van der Waals surface area contributed by atoms with Crippen LogP contribution in [0.1, 0.15) is 23.2 Å². The fourth-order valence-electron chi connectivity index (χ4n) is 3.67. The molecule has 0 aliphatic carbocycles. The first-order chi connectivity index (χ1) is 11.2. The van der Waals surface area contributed by atoms with Crippen molar-refractivity contribution in [1.82, 2.24) is 4.90 Å². The van der Waals surface area contributed by atoms with Crippen molar-refractivity contribution < 1.29 is 23.7 Å². The molecule has 2 saturated heterocycles. The van der Waals surface area contributed by atoms with Crippen LogP contribution in [0.3, 0.4) is 0 Å². The van der Waals surface area contributed by atoms with E-state index in [9.17, 15) is 4.79 Å². The van der Waals surface area contributed by atoms with Gasteiger partial charge in [-0.2, -0.15) is 0 Å². The number of amides is 1. The Balaban J connectivity index is 1.53. The van der Waals surface area contributed by atoms with Crippen molar-refractivity contribution >= 4 is 5.91 Å². The minimum atomic E-state index is -0.247. The van der Waals surface area contributed by atoms with Gasteiger partial charge in [0.25, 0.3) is 5.91 Å². The summed E-state index contributed by atoms with van der Waals surface area (Å²) in [5.41, 5.74) is 0.322. The van der Waals surface area contributed by atoms with E-state index in [-0.39, 0.29) is 17.6 Å². The lowest BCUT2D eigenvalue weighted by Crippen LogP contribution is -2.36. The van der Waals surface area contributed by atoms with Crippen LogP contribution in [0.25, 0.3) is 0 Å². The van der Waals surface area contributed by atoms with Gasteiger partial charge >= 0.3 is 0 Å². The number of nitrogens with zero attached hydrogens (tertiary/aromatic N) is 1. The van der Waals surface area contributed by atoms with E-state index in [2.05, 4.69) is 0 Å². The molecule has 1 aromatic rings. The summed E-state index contributed by atoms with van der Waals surface area (Å²) < 4.78 is 22.6. The van der Waals surface area contributed by atoms with Crippen molar-refractivity contribution in [2.75, 3.05) is 40.0 Å². The molecule has 3 heterocycles. The first kappa shape index (κ1) is 14.8. The van der Waals surface area contributed by atoms with Gasteiger partial charge in [-0.25, -0.2) is 0 Å². The Morgan fingerprint density at radius 1 is 1.35 bits per heavy atom. The molecule has 0 unspecified atom stereocenters. The molecule has 2 atom stereocenters. The average Bonchev–Trinajstić information content (AvgIpc) is 3.21. The Hall–Kier alpha value is -1.79. The van der Waals surface area contributed by atoms with Gasteiger partial charge in [-0.3, -0.25) is 4.79 Å². The maximum absolute atomic E-state index is 12.9. The number of hydrogen-bond acceptors (Lipinski definition) is 5. The van der Waals surface area contributed by atoms with Gasteiger partial charge in [-0.05, 0) is 18.6 Å². The van der Waals surface area contributed by atoms with Crippen molar-refractivity contribution in [2.24, 2.45) is 0 Å². The molecule has 6 heteroatoms. The lowest BCUT2D eigenvalue weighted by molar-refractivity contribution is 0.00697. The summed E-state index contributed by atoms with van der Waals surface area (Å²) in [7, 11) is 1.71. The number of hydrogen-bond donors (Lipinski definition) is 0. The van der Waals surface area contributed by atoms with Crippen molar-refractivity contribution in [3.63, 3.8) is 0 Å². The van der Waals surface area contributed by atoms with Gasteiger partial charge in [0.1, 0.15) is 13.2 Å². The first-order valence-electron chi connectivity index (χ1n) is 8.05. The highest BCUT2D eigenvalue weighted by atomic mass is 16.6. The molecule has 0 radical (unpaired) electrons. The second-order valence-electron chi connectivity index (χ2n) is 6.36. The minimum absolute atomic E-state index is 0.0197. The normalized spacial score (nSPS) is 29.3. The van der Waals surface area contributed by atoms with Crippen LogP contribution in [0, 0.1) is 0 Å². The second-order valence-corrected chi connectivity index (χ2v) is 6.36. The van der Waals surface area contributed by atoms with Crippen LogP contribution in [-0.4, -0.2) is 62.5 Å². The second kappa shape index (κ2) is 5.69. The number of methoxy groups -OCH3 is 1. The number of carbonyl (C=O) groups excluding carboxylic acids is 1. The monoisotopic (exact) mass is 319 g/mol. The van der Waals surface area contributed by atoms with Gasteiger partial charge < -0.3 is 23.8 Å². The van der Waals surface area contributed by atoms with Crippen molar-refractivity contribution in [2.45, 2.75) is 24.5 Å². The number of carbonyl (C=O) groups is 1. The van der Waals surface area contributed by atoms with E-state index in [1.807, 2.05) is 17.0 Å². The fourth-order valence-corrected chi connectivity index (χ4v) is 3.67. The Morgan fingerprint density at radius 2 is 2.22 bits per heavy atom. The van der Waals surface area contributed by atoms with Crippen molar-refractivity contribution in [3.05, 3.63) is 23.8 Å². The maximum atomic E-state index is 12.9. The smallest absolute Gasteiger partial charge is 0.257 e. The zero-order valence-electron chi connectivity index (χ0n) is 13.2. The molecule has 0 saturated carbocycles. The average molecular weight is 319 g/mol. The minimum Gasteiger partial charge on any atom is -0.486 e. The van der Waals surface area contributed by atoms with E-state index in [0.717, 1.165) is 12.8 Å². The molecule has 3 aliphatic rings. The molecule has 6 nitrogen and oxygen atoms in total. The van der Waals surface area contributed by atoms with Crippen molar-refractivity contribution in [1.29, 1.82) is 0 Å². The molecular formula is C17H21NO5. The molecule has 3 aliphatic heterocycles. The van der Waals surface area contributed by atoms with Crippen LogP contribution in [0.15, 0.2) is 18.2 Å². The fraction of sp³-hybridized carbons (Fsp3) is 0.588. The number of para-hydroxylation sites is 1. The van der Waals surface area contributed by atoms with Gasteiger partial charge in [-0.1, -0.05) is 6.07 Å². The largest absolute Gasteiger partial charge is 0.486 e. The van der Waals surface area contributed by atoms with Gasteiger partial charge in [0.15, 0.2) is 11.5 Å². The third-order valence-corrected chi connectivity index (χ3v) is 4.91. The van der Waals surface area contributed by atoms with E-state index < -0.39 is 0 Å². The zero-order valence-corrected chi connectivity index (χ0v) is 13.2. The lowest BCUT2D eigenvalue weighted by Gasteiger charge is -2.25. The third kappa shape index (κ3) is 2.56. The molecular weight excluding hydrogens is 298 g/mol. The first-order valence-corrected chi connectivity index (χ1v) is 8.05. The third-order valence-electron chi connectivity index (χ3n) is 4.91. The van der Waals surface area contributed by atoms with Crippen LogP contribution < -0.4 is 9.47 Å². The molecule has 2 fully saturated rings. The number of fused-ring (bicyclic) bond motifs is 1. The highest BCUT2D eigenvalue weighted by Crippen LogP contribution is 2.39. The molecule has 0 N–H and O–H groups in total. The predicted molar refractivity (Wildman–Crippen MR) is 82.0 cm³/mol. The molecule has 0 aromatic heterocycles. The summed E-state index contributed by atoms with van der Waals surface area (Å²) in [6, 6.07) is 5.47. The van der Waals surface area contributed by atoms with Crippen LogP contribution in [0.4, 0.5) is 0 Å². The highest BCUT2D eigenvalue weighted by Gasteiger charge is 2.47. The number of rotatable bonds is 2. The Kier molecular flexibility index (Phi) is 3.66. The Bertz CT molecular complexity index is 619. The number of likely N-dealkylation sites (tertiary alicyclic amines) is 1. The van der Waals surface area contributed by atoms with Gasteiger partial charge in [0, 0.05) is 20.1 Å². The summed E-state index contributed by atoms with van der Waals surface area (Å²) in [5, 5.41) is 0. The van der Waals surface area contributed by atoms with E-state index in [0.29, 0.717) is 50.0 Å². The zero-order chi connectivity index (χ0) is 15.9. The number of benzene rings is 1. The van der Waals surface area contributed by atoms with Gasteiger partial charge in [0.05, 0.1) is 30.4 Å². The Morgan fingerprint density at radius 3 is 3.04 bits per heavy atom. The van der Waals surface area contributed by atoms with Gasteiger partial charge in [0.2, 0.25) is 0 Å². The molecule has 23 heavy (non-hydrogen) atoms. The predicted octanol–water partition coefficient (Wildman–Crippen LogP) is 1.48. The van der Waals surface area contributed by atoms with E-state index in [1.54, 1.807) is 13.2 Å². The summed E-state index contributed by atoms with van der Waals surface area (Å²) in [6.45, 7) is 2.90. The van der Waals surface area contributed by atoms with Crippen LogP contribution >= 0.6 is 0 Å². The maximum Gasteiger partial charge on any atom is 0.257 e. The van der Waals surface area contributed by atoms with E-state index in [1.165, 1.54) is 0 Å². The quantitative estimate of drug-likeness (QED) is 0.826. The molecule has 4 rings (SSSR count). The van der Waals surface area contributed by atoms with E-state index >= 15 is 0 Å².